The molecule has 0 fully saturated rings. The second kappa shape index (κ2) is 6.55. The quantitative estimate of drug-likeness (QED) is 0.508. The summed E-state index contributed by atoms with van der Waals surface area (Å²) in [6, 6.07) is 15.4. The lowest BCUT2D eigenvalue weighted by Gasteiger charge is -2.14. The van der Waals surface area contributed by atoms with Crippen molar-refractivity contribution in [2.24, 2.45) is 0 Å². The zero-order valence-electron chi connectivity index (χ0n) is 12.9. The molecule has 1 atom stereocenters. The molecule has 1 aromatic heterocycles. The number of benzene rings is 2. The first kappa shape index (κ1) is 15.8. The highest BCUT2D eigenvalue weighted by Gasteiger charge is 2.16. The van der Waals surface area contributed by atoms with Crippen LogP contribution in [0, 0.1) is 0 Å². The molecule has 2 aromatic carbocycles. The summed E-state index contributed by atoms with van der Waals surface area (Å²) in [6.07, 6.45) is 0. The first-order chi connectivity index (χ1) is 11.6. The van der Waals surface area contributed by atoms with Crippen LogP contribution in [0.4, 0.5) is 0 Å². The predicted octanol–water partition coefficient (Wildman–Crippen LogP) is 3.04. The fraction of sp³-hybridized carbons (Fsp3) is 0.111. The van der Waals surface area contributed by atoms with Gasteiger partial charge in [0, 0.05) is 10.9 Å². The van der Waals surface area contributed by atoms with Gasteiger partial charge in [0.15, 0.2) is 5.76 Å². The molecule has 0 radical (unpaired) electrons. The standard InChI is InChI=1S/C18H16N2O4/c1-11(12-6-4-7-14(9-12)17(21)20-23)19-18(22)16-10-13-5-2-3-8-15(13)24-16/h2-11,23H,1H3,(H,19,22)(H,20,21). The minimum absolute atomic E-state index is 0.229. The van der Waals surface area contributed by atoms with E-state index in [0.717, 1.165) is 10.9 Å². The summed E-state index contributed by atoms with van der Waals surface area (Å²) in [5.74, 6) is -0.712. The number of rotatable bonds is 4. The number of carbonyl (C=O) groups excluding carboxylic acids is 2. The number of fused-ring (bicyclic) bond motifs is 1. The van der Waals surface area contributed by atoms with Crippen LogP contribution < -0.4 is 10.8 Å². The van der Waals surface area contributed by atoms with Gasteiger partial charge in [0.1, 0.15) is 5.58 Å². The zero-order valence-corrected chi connectivity index (χ0v) is 12.9. The largest absolute Gasteiger partial charge is 0.451 e. The Morgan fingerprint density at radius 1 is 1.04 bits per heavy atom. The van der Waals surface area contributed by atoms with Crippen molar-refractivity contribution < 1.29 is 19.2 Å². The highest BCUT2D eigenvalue weighted by molar-refractivity contribution is 5.96. The van der Waals surface area contributed by atoms with Gasteiger partial charge in [-0.2, -0.15) is 0 Å². The van der Waals surface area contributed by atoms with Crippen molar-refractivity contribution in [1.82, 2.24) is 10.8 Å². The van der Waals surface area contributed by atoms with E-state index < -0.39 is 5.91 Å². The summed E-state index contributed by atoms with van der Waals surface area (Å²) in [5.41, 5.74) is 3.28. The van der Waals surface area contributed by atoms with Crippen LogP contribution in [0.1, 0.15) is 39.4 Å². The summed E-state index contributed by atoms with van der Waals surface area (Å²) < 4.78 is 5.54. The molecule has 6 heteroatoms. The number of hydroxylamine groups is 1. The fourth-order valence-electron chi connectivity index (χ4n) is 2.46. The van der Waals surface area contributed by atoms with Crippen molar-refractivity contribution in [1.29, 1.82) is 0 Å². The molecule has 1 heterocycles. The molecule has 1 unspecified atom stereocenters. The van der Waals surface area contributed by atoms with Crippen molar-refractivity contribution in [3.05, 3.63) is 71.5 Å². The molecule has 0 aliphatic carbocycles. The second-order valence-electron chi connectivity index (χ2n) is 5.41. The van der Waals surface area contributed by atoms with Crippen molar-refractivity contribution in [3.63, 3.8) is 0 Å². The molecular formula is C18H16N2O4. The minimum atomic E-state index is -0.604. The van der Waals surface area contributed by atoms with Crippen LogP contribution in [0.25, 0.3) is 11.0 Å². The van der Waals surface area contributed by atoms with Gasteiger partial charge in [0.2, 0.25) is 0 Å². The Morgan fingerprint density at radius 3 is 2.58 bits per heavy atom. The lowest BCUT2D eigenvalue weighted by Crippen LogP contribution is -2.26. The van der Waals surface area contributed by atoms with Crippen molar-refractivity contribution in [2.75, 3.05) is 0 Å². The van der Waals surface area contributed by atoms with Gasteiger partial charge >= 0.3 is 0 Å². The third-order valence-corrected chi connectivity index (χ3v) is 3.75. The maximum Gasteiger partial charge on any atom is 0.287 e. The normalized spacial score (nSPS) is 11.9. The highest BCUT2D eigenvalue weighted by atomic mass is 16.5. The molecule has 3 N–H and O–H groups in total. The number of carbonyl (C=O) groups is 2. The Kier molecular flexibility index (Phi) is 4.31. The average Bonchev–Trinajstić information content (AvgIpc) is 3.05. The highest BCUT2D eigenvalue weighted by Crippen LogP contribution is 2.20. The third kappa shape index (κ3) is 3.13. The van der Waals surface area contributed by atoms with Gasteiger partial charge in [-0.25, -0.2) is 5.48 Å². The molecule has 0 saturated heterocycles. The first-order valence-corrected chi connectivity index (χ1v) is 7.42. The van der Waals surface area contributed by atoms with E-state index in [1.807, 2.05) is 18.2 Å². The Balaban J connectivity index is 1.77. The van der Waals surface area contributed by atoms with Gasteiger partial charge in [0.05, 0.1) is 6.04 Å². The summed E-state index contributed by atoms with van der Waals surface area (Å²) >= 11 is 0. The van der Waals surface area contributed by atoms with Crippen LogP contribution in [-0.2, 0) is 0 Å². The van der Waals surface area contributed by atoms with Crippen LogP contribution in [0.15, 0.2) is 59.0 Å². The minimum Gasteiger partial charge on any atom is -0.451 e. The van der Waals surface area contributed by atoms with E-state index in [-0.39, 0.29) is 17.7 Å². The predicted molar refractivity (Wildman–Crippen MR) is 87.8 cm³/mol. The summed E-state index contributed by atoms with van der Waals surface area (Å²) in [4.78, 5) is 23.8. The molecule has 6 nitrogen and oxygen atoms in total. The van der Waals surface area contributed by atoms with Gasteiger partial charge in [-0.1, -0.05) is 30.3 Å². The van der Waals surface area contributed by atoms with Crippen LogP contribution >= 0.6 is 0 Å². The number of hydrogen-bond donors (Lipinski definition) is 3. The molecular weight excluding hydrogens is 308 g/mol. The van der Waals surface area contributed by atoms with Crippen LogP contribution in [-0.4, -0.2) is 17.0 Å². The van der Waals surface area contributed by atoms with Gasteiger partial charge in [-0.05, 0) is 36.8 Å². The average molecular weight is 324 g/mol. The molecule has 0 aliphatic heterocycles. The number of amides is 2. The molecule has 0 saturated carbocycles. The maximum atomic E-state index is 12.3. The molecule has 0 spiro atoms. The van der Waals surface area contributed by atoms with Crippen LogP contribution in [0.5, 0.6) is 0 Å². The molecule has 2 amide bonds. The van der Waals surface area contributed by atoms with E-state index in [1.165, 1.54) is 0 Å². The molecule has 122 valence electrons. The lowest BCUT2D eigenvalue weighted by atomic mass is 10.0. The topological polar surface area (TPSA) is 91.6 Å². The Morgan fingerprint density at radius 2 is 1.83 bits per heavy atom. The van der Waals surface area contributed by atoms with E-state index >= 15 is 0 Å². The maximum absolute atomic E-state index is 12.3. The molecule has 0 aliphatic rings. The number of hydrogen-bond acceptors (Lipinski definition) is 4. The second-order valence-corrected chi connectivity index (χ2v) is 5.41. The molecule has 24 heavy (non-hydrogen) atoms. The molecule has 0 bridgehead atoms. The third-order valence-electron chi connectivity index (χ3n) is 3.75. The number of furan rings is 1. The van der Waals surface area contributed by atoms with E-state index in [4.69, 9.17) is 9.62 Å². The Hall–Kier alpha value is -3.12. The summed E-state index contributed by atoms with van der Waals surface area (Å²) in [7, 11) is 0. The first-order valence-electron chi connectivity index (χ1n) is 7.42. The van der Waals surface area contributed by atoms with Crippen molar-refractivity contribution >= 4 is 22.8 Å². The van der Waals surface area contributed by atoms with Crippen LogP contribution in [0.2, 0.25) is 0 Å². The Bertz CT molecular complexity index is 868. The van der Waals surface area contributed by atoms with E-state index in [1.54, 1.807) is 48.8 Å². The van der Waals surface area contributed by atoms with E-state index in [2.05, 4.69) is 5.32 Å². The van der Waals surface area contributed by atoms with Gasteiger partial charge < -0.3 is 9.73 Å². The number of nitrogens with one attached hydrogen (secondary N) is 2. The smallest absolute Gasteiger partial charge is 0.287 e. The van der Waals surface area contributed by atoms with Gasteiger partial charge in [-0.15, -0.1) is 0 Å². The monoisotopic (exact) mass is 324 g/mol. The Labute approximate surface area is 138 Å². The fourth-order valence-corrected chi connectivity index (χ4v) is 2.46. The molecule has 3 aromatic rings. The van der Waals surface area contributed by atoms with Gasteiger partial charge in [-0.3, -0.25) is 14.8 Å². The summed E-state index contributed by atoms with van der Waals surface area (Å²) in [6.45, 7) is 1.80. The van der Waals surface area contributed by atoms with Crippen molar-refractivity contribution in [3.8, 4) is 0 Å². The van der Waals surface area contributed by atoms with E-state index in [9.17, 15) is 9.59 Å². The lowest BCUT2D eigenvalue weighted by molar-refractivity contribution is 0.0706. The zero-order chi connectivity index (χ0) is 17.1. The SMILES string of the molecule is CC(NC(=O)c1cc2ccccc2o1)c1cccc(C(=O)NO)c1. The van der Waals surface area contributed by atoms with Gasteiger partial charge in [0.25, 0.3) is 11.8 Å². The summed E-state index contributed by atoms with van der Waals surface area (Å²) in [5, 5.41) is 12.4. The van der Waals surface area contributed by atoms with Crippen LogP contribution in [0.3, 0.4) is 0 Å². The molecule has 3 rings (SSSR count). The van der Waals surface area contributed by atoms with Crippen molar-refractivity contribution in [2.45, 2.75) is 13.0 Å². The van der Waals surface area contributed by atoms with E-state index in [0.29, 0.717) is 11.1 Å². The number of para-hydroxylation sites is 1.